The summed E-state index contributed by atoms with van der Waals surface area (Å²) in [5.41, 5.74) is 1.87. The number of rotatable bonds is 5. The molecule has 1 amide bonds. The SMILES string of the molecule is Cn1cc(CCC(=O)Nc2ccnn2-c2ccc(Cl)cc2)cn1. The normalized spacial score (nSPS) is 10.7. The number of aromatic nitrogens is 4. The van der Waals surface area contributed by atoms with Gasteiger partial charge in [-0.3, -0.25) is 9.48 Å². The van der Waals surface area contributed by atoms with E-state index in [1.165, 1.54) is 0 Å². The van der Waals surface area contributed by atoms with E-state index in [0.29, 0.717) is 23.7 Å². The second-order valence-corrected chi connectivity index (χ2v) is 5.61. The van der Waals surface area contributed by atoms with Crippen molar-refractivity contribution < 1.29 is 4.79 Å². The second kappa shape index (κ2) is 6.66. The Morgan fingerprint density at radius 3 is 2.70 bits per heavy atom. The van der Waals surface area contributed by atoms with E-state index in [-0.39, 0.29) is 5.91 Å². The zero-order valence-corrected chi connectivity index (χ0v) is 13.4. The van der Waals surface area contributed by atoms with Crippen LogP contribution in [0.3, 0.4) is 0 Å². The van der Waals surface area contributed by atoms with Gasteiger partial charge in [0.15, 0.2) is 0 Å². The van der Waals surface area contributed by atoms with Crippen molar-refractivity contribution in [2.75, 3.05) is 5.32 Å². The van der Waals surface area contributed by atoms with Gasteiger partial charge in [-0.05, 0) is 36.2 Å². The summed E-state index contributed by atoms with van der Waals surface area (Å²) in [5, 5.41) is 11.9. The molecule has 118 valence electrons. The lowest BCUT2D eigenvalue weighted by atomic mass is 10.2. The Bertz CT molecular complexity index is 806. The average Bonchev–Trinajstić information content (AvgIpc) is 3.15. The van der Waals surface area contributed by atoms with Crippen LogP contribution < -0.4 is 5.32 Å². The van der Waals surface area contributed by atoms with E-state index in [0.717, 1.165) is 11.3 Å². The fraction of sp³-hybridized carbons (Fsp3) is 0.188. The number of carbonyl (C=O) groups excluding carboxylic acids is 1. The highest BCUT2D eigenvalue weighted by molar-refractivity contribution is 6.30. The number of amides is 1. The molecule has 2 heterocycles. The lowest BCUT2D eigenvalue weighted by Gasteiger charge is -2.09. The third kappa shape index (κ3) is 3.78. The Kier molecular flexibility index (Phi) is 4.43. The number of hydrogen-bond acceptors (Lipinski definition) is 3. The van der Waals surface area contributed by atoms with Crippen LogP contribution in [0, 0.1) is 0 Å². The van der Waals surface area contributed by atoms with Gasteiger partial charge < -0.3 is 5.32 Å². The Hall–Kier alpha value is -2.60. The van der Waals surface area contributed by atoms with Crippen LogP contribution in [0.4, 0.5) is 5.82 Å². The van der Waals surface area contributed by atoms with Crippen molar-refractivity contribution in [1.82, 2.24) is 19.6 Å². The highest BCUT2D eigenvalue weighted by atomic mass is 35.5. The van der Waals surface area contributed by atoms with Gasteiger partial charge in [-0.15, -0.1) is 0 Å². The highest BCUT2D eigenvalue weighted by Crippen LogP contribution is 2.17. The summed E-state index contributed by atoms with van der Waals surface area (Å²) in [6, 6.07) is 9.02. The highest BCUT2D eigenvalue weighted by Gasteiger charge is 2.09. The molecule has 7 heteroatoms. The maximum atomic E-state index is 12.1. The molecule has 0 saturated carbocycles. The molecular weight excluding hydrogens is 314 g/mol. The average molecular weight is 330 g/mol. The van der Waals surface area contributed by atoms with Crippen molar-refractivity contribution in [2.24, 2.45) is 7.05 Å². The van der Waals surface area contributed by atoms with Gasteiger partial charge in [0.1, 0.15) is 5.82 Å². The summed E-state index contributed by atoms with van der Waals surface area (Å²) in [6.45, 7) is 0. The van der Waals surface area contributed by atoms with Crippen molar-refractivity contribution in [3.05, 3.63) is 59.5 Å². The first-order valence-electron chi connectivity index (χ1n) is 7.19. The third-order valence-corrected chi connectivity index (χ3v) is 3.63. The van der Waals surface area contributed by atoms with E-state index in [2.05, 4.69) is 15.5 Å². The minimum atomic E-state index is -0.0652. The first-order valence-corrected chi connectivity index (χ1v) is 7.57. The standard InChI is InChI=1S/C16H16ClN5O/c1-21-11-12(10-19-21)2-7-16(23)20-15-8-9-18-22(15)14-5-3-13(17)4-6-14/h3-6,8-11H,2,7H2,1H3,(H,20,23). The molecule has 6 nitrogen and oxygen atoms in total. The van der Waals surface area contributed by atoms with Crippen LogP contribution in [-0.2, 0) is 18.3 Å². The number of carbonyl (C=O) groups is 1. The molecule has 23 heavy (non-hydrogen) atoms. The van der Waals surface area contributed by atoms with Crippen LogP contribution in [0.5, 0.6) is 0 Å². The van der Waals surface area contributed by atoms with E-state index in [1.54, 1.807) is 40.0 Å². The predicted octanol–water partition coefficient (Wildman–Crippen LogP) is 2.83. The topological polar surface area (TPSA) is 64.7 Å². The van der Waals surface area contributed by atoms with Crippen molar-refractivity contribution in [3.8, 4) is 5.69 Å². The largest absolute Gasteiger partial charge is 0.311 e. The molecule has 0 bridgehead atoms. The fourth-order valence-electron chi connectivity index (χ4n) is 2.25. The van der Waals surface area contributed by atoms with Crippen molar-refractivity contribution in [2.45, 2.75) is 12.8 Å². The molecule has 0 spiro atoms. The van der Waals surface area contributed by atoms with Gasteiger partial charge in [0, 0.05) is 30.8 Å². The van der Waals surface area contributed by atoms with Crippen molar-refractivity contribution in [1.29, 1.82) is 0 Å². The van der Waals surface area contributed by atoms with Crippen LogP contribution in [-0.4, -0.2) is 25.5 Å². The Morgan fingerprint density at radius 1 is 1.22 bits per heavy atom. The molecule has 0 aliphatic rings. The molecule has 0 aliphatic carbocycles. The summed E-state index contributed by atoms with van der Waals surface area (Å²) >= 11 is 5.89. The van der Waals surface area contributed by atoms with E-state index in [4.69, 9.17) is 11.6 Å². The third-order valence-electron chi connectivity index (χ3n) is 3.38. The zero-order valence-electron chi connectivity index (χ0n) is 12.6. The first-order chi connectivity index (χ1) is 11.1. The Balaban J connectivity index is 1.65. The smallest absolute Gasteiger partial charge is 0.225 e. The maximum absolute atomic E-state index is 12.1. The minimum Gasteiger partial charge on any atom is -0.311 e. The number of benzene rings is 1. The monoisotopic (exact) mass is 329 g/mol. The lowest BCUT2D eigenvalue weighted by Crippen LogP contribution is -2.15. The molecule has 2 aromatic heterocycles. The molecule has 1 N–H and O–H groups in total. The molecule has 0 fully saturated rings. The summed E-state index contributed by atoms with van der Waals surface area (Å²) in [6.07, 6.45) is 6.36. The van der Waals surface area contributed by atoms with Crippen LogP contribution in [0.25, 0.3) is 5.69 Å². The Labute approximate surface area is 138 Å². The number of anilines is 1. The number of aryl methyl sites for hydroxylation is 2. The quantitative estimate of drug-likeness (QED) is 0.782. The summed E-state index contributed by atoms with van der Waals surface area (Å²) in [5.74, 6) is 0.563. The van der Waals surface area contributed by atoms with E-state index >= 15 is 0 Å². The molecule has 0 atom stereocenters. The summed E-state index contributed by atoms with van der Waals surface area (Å²) < 4.78 is 3.39. The number of nitrogens with one attached hydrogen (secondary N) is 1. The number of halogens is 1. The van der Waals surface area contributed by atoms with Gasteiger partial charge in [-0.2, -0.15) is 10.2 Å². The van der Waals surface area contributed by atoms with Gasteiger partial charge >= 0.3 is 0 Å². The number of nitrogens with zero attached hydrogens (tertiary/aromatic N) is 4. The van der Waals surface area contributed by atoms with Crippen LogP contribution in [0.15, 0.2) is 48.9 Å². The number of hydrogen-bond donors (Lipinski definition) is 1. The second-order valence-electron chi connectivity index (χ2n) is 5.18. The molecule has 3 aromatic rings. The zero-order chi connectivity index (χ0) is 16.2. The van der Waals surface area contributed by atoms with Crippen LogP contribution in [0.2, 0.25) is 5.02 Å². The van der Waals surface area contributed by atoms with Crippen molar-refractivity contribution >= 4 is 23.3 Å². The van der Waals surface area contributed by atoms with Crippen LogP contribution in [0.1, 0.15) is 12.0 Å². The minimum absolute atomic E-state index is 0.0652. The summed E-state index contributed by atoms with van der Waals surface area (Å²) in [4.78, 5) is 12.1. The first kappa shape index (κ1) is 15.3. The fourth-order valence-corrected chi connectivity index (χ4v) is 2.38. The molecule has 0 aliphatic heterocycles. The lowest BCUT2D eigenvalue weighted by molar-refractivity contribution is -0.116. The molecule has 0 saturated heterocycles. The molecule has 0 radical (unpaired) electrons. The molecule has 1 aromatic carbocycles. The van der Waals surface area contributed by atoms with E-state index in [9.17, 15) is 4.79 Å². The van der Waals surface area contributed by atoms with Gasteiger partial charge in [0.25, 0.3) is 0 Å². The van der Waals surface area contributed by atoms with Gasteiger partial charge in [0.2, 0.25) is 5.91 Å². The van der Waals surface area contributed by atoms with Gasteiger partial charge in [-0.25, -0.2) is 4.68 Å². The van der Waals surface area contributed by atoms with Crippen molar-refractivity contribution in [3.63, 3.8) is 0 Å². The van der Waals surface area contributed by atoms with Gasteiger partial charge in [0.05, 0.1) is 18.1 Å². The maximum Gasteiger partial charge on any atom is 0.225 e. The molecule has 0 unspecified atom stereocenters. The van der Waals surface area contributed by atoms with Gasteiger partial charge in [-0.1, -0.05) is 11.6 Å². The van der Waals surface area contributed by atoms with E-state index < -0.39 is 0 Å². The molecular formula is C16H16ClN5O. The predicted molar refractivity (Wildman–Crippen MR) is 88.7 cm³/mol. The molecule has 3 rings (SSSR count). The summed E-state index contributed by atoms with van der Waals surface area (Å²) in [7, 11) is 1.86. The van der Waals surface area contributed by atoms with Crippen LogP contribution >= 0.6 is 11.6 Å². The van der Waals surface area contributed by atoms with E-state index in [1.807, 2.05) is 25.4 Å². The Morgan fingerprint density at radius 2 is 2.00 bits per heavy atom.